The molecule has 0 aliphatic carbocycles. The number of aryl methyl sites for hydroxylation is 1. The Kier molecular flexibility index (Phi) is 4.68. The molecule has 2 aliphatic rings. The highest BCUT2D eigenvalue weighted by Crippen LogP contribution is 2.36. The van der Waals surface area contributed by atoms with Crippen molar-refractivity contribution in [1.82, 2.24) is 9.88 Å². The van der Waals surface area contributed by atoms with Gasteiger partial charge in [-0.3, -0.25) is 9.88 Å². The van der Waals surface area contributed by atoms with E-state index in [0.717, 1.165) is 50.5 Å². The summed E-state index contributed by atoms with van der Waals surface area (Å²) >= 11 is 1.83. The Morgan fingerprint density at radius 2 is 2.25 bits per heavy atom. The molecule has 2 saturated heterocycles. The van der Waals surface area contributed by atoms with Crippen LogP contribution in [0.5, 0.6) is 0 Å². The number of rotatable bonds is 5. The lowest BCUT2D eigenvalue weighted by Gasteiger charge is -2.53. The minimum atomic E-state index is 0.0141. The fourth-order valence-corrected chi connectivity index (χ4v) is 4.48. The summed E-state index contributed by atoms with van der Waals surface area (Å²) < 4.78 is 12.3. The molecule has 1 spiro atoms. The molecule has 4 rings (SSSR count). The van der Waals surface area contributed by atoms with Crippen LogP contribution in [0.4, 0.5) is 0 Å². The minimum Gasteiger partial charge on any atom is -0.372 e. The van der Waals surface area contributed by atoms with Crippen molar-refractivity contribution in [3.8, 4) is 0 Å². The molecule has 0 amide bonds. The zero-order valence-electron chi connectivity index (χ0n) is 14.1. The van der Waals surface area contributed by atoms with E-state index in [0.29, 0.717) is 6.61 Å². The van der Waals surface area contributed by atoms with Crippen molar-refractivity contribution in [3.05, 3.63) is 52.0 Å². The van der Waals surface area contributed by atoms with Crippen LogP contribution in [0.15, 0.2) is 35.7 Å². The molecule has 2 aromatic heterocycles. The van der Waals surface area contributed by atoms with Gasteiger partial charge in [-0.2, -0.15) is 0 Å². The fraction of sp³-hybridized carbons (Fsp3) is 0.526. The molecule has 24 heavy (non-hydrogen) atoms. The van der Waals surface area contributed by atoms with Gasteiger partial charge in [0, 0.05) is 43.2 Å². The molecule has 2 aromatic rings. The maximum atomic E-state index is 6.14. The summed E-state index contributed by atoms with van der Waals surface area (Å²) in [6, 6.07) is 10.4. The van der Waals surface area contributed by atoms with E-state index < -0.39 is 0 Å². The molecular weight excluding hydrogens is 320 g/mol. The van der Waals surface area contributed by atoms with Gasteiger partial charge in [-0.15, -0.1) is 11.3 Å². The van der Waals surface area contributed by atoms with Crippen molar-refractivity contribution in [2.24, 2.45) is 0 Å². The van der Waals surface area contributed by atoms with Gasteiger partial charge in [-0.1, -0.05) is 12.1 Å². The third-order valence-electron chi connectivity index (χ3n) is 4.84. The summed E-state index contributed by atoms with van der Waals surface area (Å²) in [5, 5.41) is 2.14. The van der Waals surface area contributed by atoms with Gasteiger partial charge in [0.1, 0.15) is 0 Å². The van der Waals surface area contributed by atoms with Gasteiger partial charge in [-0.05, 0) is 36.9 Å². The van der Waals surface area contributed by atoms with Crippen LogP contribution in [0.2, 0.25) is 0 Å². The van der Waals surface area contributed by atoms with Crippen LogP contribution in [-0.2, 0) is 22.6 Å². The number of aromatic nitrogens is 1. The fourth-order valence-electron chi connectivity index (χ4n) is 3.73. The molecular formula is C19H24N2O2S. The molecule has 0 radical (unpaired) electrons. The highest BCUT2D eigenvalue weighted by molar-refractivity contribution is 7.09. The van der Waals surface area contributed by atoms with Crippen LogP contribution in [0.25, 0.3) is 0 Å². The van der Waals surface area contributed by atoms with Crippen molar-refractivity contribution < 1.29 is 9.47 Å². The second kappa shape index (κ2) is 6.92. The van der Waals surface area contributed by atoms with Crippen LogP contribution in [-0.4, -0.2) is 41.3 Å². The van der Waals surface area contributed by atoms with Crippen LogP contribution >= 0.6 is 11.3 Å². The molecule has 4 nitrogen and oxygen atoms in total. The average Bonchev–Trinajstić information content (AvgIpc) is 3.05. The summed E-state index contributed by atoms with van der Waals surface area (Å²) in [6.45, 7) is 6.51. The predicted octanol–water partition coefficient (Wildman–Crippen LogP) is 3.40. The summed E-state index contributed by atoms with van der Waals surface area (Å²) in [5.41, 5.74) is 2.08. The second-order valence-corrected chi connectivity index (χ2v) is 7.98. The maximum Gasteiger partial charge on any atom is 0.0959 e. The summed E-state index contributed by atoms with van der Waals surface area (Å²) in [7, 11) is 0. The zero-order valence-corrected chi connectivity index (χ0v) is 14.9. The summed E-state index contributed by atoms with van der Waals surface area (Å²) in [6.07, 6.45) is 2.27. The van der Waals surface area contributed by atoms with Crippen molar-refractivity contribution in [2.45, 2.75) is 44.6 Å². The van der Waals surface area contributed by atoms with Gasteiger partial charge in [-0.25, -0.2) is 0 Å². The van der Waals surface area contributed by atoms with Gasteiger partial charge >= 0.3 is 0 Å². The molecule has 2 aliphatic heterocycles. The average molecular weight is 344 g/mol. The van der Waals surface area contributed by atoms with E-state index in [2.05, 4.69) is 27.4 Å². The summed E-state index contributed by atoms with van der Waals surface area (Å²) in [4.78, 5) is 8.42. The SMILES string of the molecule is Cc1cccc(COC2CCOC3(C2)CN(Cc2cccs2)C3)n1. The number of nitrogens with zero attached hydrogens (tertiary/aromatic N) is 2. The lowest BCUT2D eigenvalue weighted by molar-refractivity contribution is -0.200. The Bertz CT molecular complexity index is 668. The molecule has 0 bridgehead atoms. The lowest BCUT2D eigenvalue weighted by Crippen LogP contribution is -2.65. The minimum absolute atomic E-state index is 0.0141. The van der Waals surface area contributed by atoms with Gasteiger partial charge < -0.3 is 9.47 Å². The van der Waals surface area contributed by atoms with Crippen LogP contribution in [0.1, 0.15) is 29.1 Å². The zero-order chi connectivity index (χ0) is 16.4. The smallest absolute Gasteiger partial charge is 0.0959 e. The predicted molar refractivity (Wildman–Crippen MR) is 95.1 cm³/mol. The molecule has 0 saturated carbocycles. The Hall–Kier alpha value is -1.27. The van der Waals surface area contributed by atoms with Crippen molar-refractivity contribution >= 4 is 11.3 Å². The molecule has 1 unspecified atom stereocenters. The van der Waals surface area contributed by atoms with Crippen molar-refractivity contribution in [1.29, 1.82) is 0 Å². The molecule has 1 atom stereocenters. The van der Waals surface area contributed by atoms with Gasteiger partial charge in [0.15, 0.2) is 0 Å². The van der Waals surface area contributed by atoms with E-state index in [4.69, 9.17) is 9.47 Å². The Balaban J connectivity index is 1.27. The molecule has 4 heterocycles. The first-order valence-electron chi connectivity index (χ1n) is 8.64. The third-order valence-corrected chi connectivity index (χ3v) is 5.70. The number of hydrogen-bond acceptors (Lipinski definition) is 5. The first kappa shape index (κ1) is 16.2. The standard InChI is InChI=1S/C19H24N2O2S/c1-15-4-2-5-16(20-15)12-22-17-7-8-23-19(10-17)13-21(14-19)11-18-6-3-9-24-18/h2-6,9,17H,7-8,10-14H2,1H3. The van der Waals surface area contributed by atoms with Gasteiger partial charge in [0.2, 0.25) is 0 Å². The molecule has 128 valence electrons. The summed E-state index contributed by atoms with van der Waals surface area (Å²) in [5.74, 6) is 0. The van der Waals surface area contributed by atoms with E-state index in [1.165, 1.54) is 4.88 Å². The molecule has 2 fully saturated rings. The van der Waals surface area contributed by atoms with Gasteiger partial charge in [0.05, 0.1) is 24.0 Å². The topological polar surface area (TPSA) is 34.6 Å². The highest BCUT2D eigenvalue weighted by atomic mass is 32.1. The third kappa shape index (κ3) is 3.70. The van der Waals surface area contributed by atoms with Crippen LogP contribution < -0.4 is 0 Å². The first-order valence-corrected chi connectivity index (χ1v) is 9.52. The number of ether oxygens (including phenoxy) is 2. The van der Waals surface area contributed by atoms with Crippen molar-refractivity contribution in [2.75, 3.05) is 19.7 Å². The van der Waals surface area contributed by atoms with E-state index in [1.807, 2.05) is 36.5 Å². The van der Waals surface area contributed by atoms with E-state index in [1.54, 1.807) is 0 Å². The normalized spacial score (nSPS) is 23.3. The number of pyridine rings is 1. The van der Waals surface area contributed by atoms with Crippen LogP contribution in [0, 0.1) is 6.92 Å². The van der Waals surface area contributed by atoms with Gasteiger partial charge in [0.25, 0.3) is 0 Å². The van der Waals surface area contributed by atoms with Crippen LogP contribution in [0.3, 0.4) is 0 Å². The first-order chi connectivity index (χ1) is 11.7. The van der Waals surface area contributed by atoms with E-state index in [-0.39, 0.29) is 11.7 Å². The van der Waals surface area contributed by atoms with Crippen molar-refractivity contribution in [3.63, 3.8) is 0 Å². The van der Waals surface area contributed by atoms with E-state index >= 15 is 0 Å². The number of thiophene rings is 1. The number of hydrogen-bond donors (Lipinski definition) is 0. The lowest BCUT2D eigenvalue weighted by atomic mass is 9.84. The Labute approximate surface area is 147 Å². The molecule has 0 aromatic carbocycles. The Morgan fingerprint density at radius 3 is 3.04 bits per heavy atom. The largest absolute Gasteiger partial charge is 0.372 e. The maximum absolute atomic E-state index is 6.14. The quantitative estimate of drug-likeness (QED) is 0.833. The Morgan fingerprint density at radius 1 is 1.33 bits per heavy atom. The highest BCUT2D eigenvalue weighted by Gasteiger charge is 2.47. The number of likely N-dealkylation sites (tertiary alicyclic amines) is 1. The molecule has 0 N–H and O–H groups in total. The second-order valence-electron chi connectivity index (χ2n) is 6.95. The molecule has 5 heteroatoms. The monoisotopic (exact) mass is 344 g/mol. The van der Waals surface area contributed by atoms with E-state index in [9.17, 15) is 0 Å².